The van der Waals surface area contributed by atoms with Crippen LogP contribution >= 0.6 is 0 Å². The van der Waals surface area contributed by atoms with Gasteiger partial charge in [-0.05, 0) is 30.3 Å². The molecule has 6 nitrogen and oxygen atoms in total. The fourth-order valence-corrected chi connectivity index (χ4v) is 2.87. The second kappa shape index (κ2) is 7.04. The molecule has 0 saturated carbocycles. The maximum absolute atomic E-state index is 13.2. The van der Waals surface area contributed by atoms with E-state index in [-0.39, 0.29) is 34.6 Å². The molecule has 2 aromatic heterocycles. The number of alkyl halides is 3. The summed E-state index contributed by atoms with van der Waals surface area (Å²) in [6.07, 6.45) is -3.64. The van der Waals surface area contributed by atoms with Crippen LogP contribution in [0.3, 0.4) is 0 Å². The Morgan fingerprint density at radius 2 is 1.79 bits per heavy atom. The zero-order valence-corrected chi connectivity index (χ0v) is 14.6. The summed E-state index contributed by atoms with van der Waals surface area (Å²) in [6, 6.07) is 11.0. The summed E-state index contributed by atoms with van der Waals surface area (Å²) in [7, 11) is 0. The predicted octanol–water partition coefficient (Wildman–Crippen LogP) is 3.74. The van der Waals surface area contributed by atoms with Crippen molar-refractivity contribution in [3.05, 3.63) is 82.3 Å². The van der Waals surface area contributed by atoms with Gasteiger partial charge in [-0.15, -0.1) is 13.2 Å². The largest absolute Gasteiger partial charge is 0.573 e. The molecule has 0 bridgehead atoms. The molecule has 2 aromatic carbocycles. The Morgan fingerprint density at radius 1 is 1.07 bits per heavy atom. The molecule has 1 N–H and O–H groups in total. The van der Waals surface area contributed by atoms with E-state index in [1.165, 1.54) is 53.3 Å². The van der Waals surface area contributed by atoms with Gasteiger partial charge >= 0.3 is 6.36 Å². The molecule has 0 aliphatic rings. The monoisotopic (exact) mass is 404 g/mol. The average Bonchev–Trinajstić information content (AvgIpc) is 3.07. The van der Waals surface area contributed by atoms with Crippen molar-refractivity contribution >= 4 is 11.0 Å². The molecule has 0 fully saturated rings. The number of nitrogens with one attached hydrogen (secondary N) is 1. The molecule has 0 aliphatic heterocycles. The number of fused-ring (bicyclic) bond motifs is 1. The van der Waals surface area contributed by atoms with Gasteiger partial charge < -0.3 is 9.72 Å². The molecular weight excluding hydrogens is 392 g/mol. The van der Waals surface area contributed by atoms with Gasteiger partial charge in [0.1, 0.15) is 22.8 Å². The molecule has 0 radical (unpaired) electrons. The summed E-state index contributed by atoms with van der Waals surface area (Å²) in [4.78, 5) is 19.3. The lowest BCUT2D eigenvalue weighted by Crippen LogP contribution is -2.18. The number of para-hydroxylation sites is 1. The van der Waals surface area contributed by atoms with Crippen LogP contribution in [-0.2, 0) is 6.42 Å². The number of hydrogen-bond donors (Lipinski definition) is 1. The number of halogens is 4. The first kappa shape index (κ1) is 18.7. The molecule has 0 saturated heterocycles. The first-order valence-corrected chi connectivity index (χ1v) is 8.37. The lowest BCUT2D eigenvalue weighted by molar-refractivity contribution is -0.274. The molecule has 0 amide bonds. The van der Waals surface area contributed by atoms with Crippen LogP contribution in [0.15, 0.2) is 59.5 Å². The van der Waals surface area contributed by atoms with E-state index in [1.807, 2.05) is 0 Å². The van der Waals surface area contributed by atoms with E-state index in [0.717, 1.165) is 0 Å². The van der Waals surface area contributed by atoms with Crippen molar-refractivity contribution in [1.82, 2.24) is 19.7 Å². The van der Waals surface area contributed by atoms with Gasteiger partial charge in [-0.2, -0.15) is 5.10 Å². The van der Waals surface area contributed by atoms with Crippen molar-refractivity contribution in [2.45, 2.75) is 12.8 Å². The van der Waals surface area contributed by atoms with Crippen LogP contribution in [0.5, 0.6) is 5.75 Å². The molecule has 4 rings (SSSR count). The van der Waals surface area contributed by atoms with Crippen LogP contribution in [0, 0.1) is 5.82 Å². The van der Waals surface area contributed by atoms with Crippen molar-refractivity contribution in [1.29, 1.82) is 0 Å². The summed E-state index contributed by atoms with van der Waals surface area (Å²) < 4.78 is 56.4. The number of aromatic amines is 1. The first-order chi connectivity index (χ1) is 13.8. The first-order valence-electron chi connectivity index (χ1n) is 8.37. The number of hydrogen-bond acceptors (Lipinski definition) is 4. The van der Waals surface area contributed by atoms with Crippen LogP contribution in [0.2, 0.25) is 0 Å². The SMILES string of the molecule is O=c1[nH]c(Cc2ccccc2OC(F)(F)F)nc2c1cnn2-c1ccc(F)cc1. The van der Waals surface area contributed by atoms with Crippen molar-refractivity contribution in [2.24, 2.45) is 0 Å². The zero-order valence-electron chi connectivity index (χ0n) is 14.6. The van der Waals surface area contributed by atoms with Crippen LogP contribution in [0.1, 0.15) is 11.4 Å². The Labute approximate surface area is 160 Å². The van der Waals surface area contributed by atoms with Gasteiger partial charge in [0.15, 0.2) is 5.65 Å². The molecule has 10 heteroatoms. The molecule has 148 valence electrons. The van der Waals surface area contributed by atoms with E-state index < -0.39 is 17.7 Å². The minimum absolute atomic E-state index is 0.105. The fraction of sp³-hybridized carbons (Fsp3) is 0.105. The lowest BCUT2D eigenvalue weighted by atomic mass is 10.1. The molecule has 0 aliphatic carbocycles. The second-order valence-corrected chi connectivity index (χ2v) is 6.11. The molecule has 2 heterocycles. The van der Waals surface area contributed by atoms with E-state index in [0.29, 0.717) is 5.69 Å². The Hall–Kier alpha value is -3.69. The highest BCUT2D eigenvalue weighted by Gasteiger charge is 2.32. The summed E-state index contributed by atoms with van der Waals surface area (Å²) >= 11 is 0. The smallest absolute Gasteiger partial charge is 0.405 e. The molecule has 29 heavy (non-hydrogen) atoms. The van der Waals surface area contributed by atoms with Crippen molar-refractivity contribution in [3.63, 3.8) is 0 Å². The minimum atomic E-state index is -4.85. The molecule has 0 unspecified atom stereocenters. The van der Waals surface area contributed by atoms with Gasteiger partial charge in [-0.3, -0.25) is 4.79 Å². The fourth-order valence-electron chi connectivity index (χ4n) is 2.87. The highest BCUT2D eigenvalue weighted by molar-refractivity contribution is 5.75. The maximum atomic E-state index is 13.2. The normalized spacial score (nSPS) is 11.7. The van der Waals surface area contributed by atoms with E-state index in [2.05, 4.69) is 19.8 Å². The second-order valence-electron chi connectivity index (χ2n) is 6.11. The third-order valence-corrected chi connectivity index (χ3v) is 4.11. The summed E-state index contributed by atoms with van der Waals surface area (Å²) in [5.41, 5.74) is 0.378. The standard InChI is InChI=1S/C19H12F4N4O2/c20-12-5-7-13(8-6-12)27-17-14(10-24-27)18(28)26-16(25-17)9-11-3-1-2-4-15(11)29-19(21,22)23/h1-8,10H,9H2,(H,25,26,28). The number of H-pyrrole nitrogens is 1. The Balaban J connectivity index is 1.76. The quantitative estimate of drug-likeness (QED) is 0.526. The summed E-state index contributed by atoms with van der Waals surface area (Å²) in [5, 5.41) is 4.30. The lowest BCUT2D eigenvalue weighted by Gasteiger charge is -2.13. The number of ether oxygens (including phenoxy) is 1. The van der Waals surface area contributed by atoms with Crippen LogP contribution in [-0.4, -0.2) is 26.1 Å². The van der Waals surface area contributed by atoms with Crippen LogP contribution in [0.25, 0.3) is 16.7 Å². The van der Waals surface area contributed by atoms with E-state index in [9.17, 15) is 22.4 Å². The highest BCUT2D eigenvalue weighted by atomic mass is 19.4. The number of rotatable bonds is 4. The van der Waals surface area contributed by atoms with Crippen molar-refractivity contribution < 1.29 is 22.3 Å². The molecular formula is C19H12F4N4O2. The summed E-state index contributed by atoms with van der Waals surface area (Å²) in [5.74, 6) is -0.683. The Kier molecular flexibility index (Phi) is 4.53. The highest BCUT2D eigenvalue weighted by Crippen LogP contribution is 2.27. The number of benzene rings is 2. The molecule has 0 atom stereocenters. The van der Waals surface area contributed by atoms with Gasteiger partial charge in [0.05, 0.1) is 11.9 Å². The number of aromatic nitrogens is 4. The third kappa shape index (κ3) is 3.96. The van der Waals surface area contributed by atoms with E-state index >= 15 is 0 Å². The predicted molar refractivity (Wildman–Crippen MR) is 95.4 cm³/mol. The maximum Gasteiger partial charge on any atom is 0.573 e. The van der Waals surface area contributed by atoms with Crippen molar-refractivity contribution in [3.8, 4) is 11.4 Å². The van der Waals surface area contributed by atoms with Gasteiger partial charge in [0.2, 0.25) is 0 Å². The van der Waals surface area contributed by atoms with E-state index in [4.69, 9.17) is 0 Å². The van der Waals surface area contributed by atoms with E-state index in [1.54, 1.807) is 6.07 Å². The van der Waals surface area contributed by atoms with Gasteiger partial charge in [0.25, 0.3) is 5.56 Å². The van der Waals surface area contributed by atoms with Crippen LogP contribution in [0.4, 0.5) is 17.6 Å². The van der Waals surface area contributed by atoms with Gasteiger partial charge in [0, 0.05) is 12.0 Å². The van der Waals surface area contributed by atoms with Gasteiger partial charge in [-0.25, -0.2) is 14.1 Å². The third-order valence-electron chi connectivity index (χ3n) is 4.11. The van der Waals surface area contributed by atoms with Crippen LogP contribution < -0.4 is 10.3 Å². The Bertz CT molecular complexity index is 1230. The molecule has 0 spiro atoms. The van der Waals surface area contributed by atoms with Gasteiger partial charge in [-0.1, -0.05) is 18.2 Å². The average molecular weight is 404 g/mol. The molecule has 4 aromatic rings. The zero-order chi connectivity index (χ0) is 20.6. The number of nitrogens with zero attached hydrogens (tertiary/aromatic N) is 3. The Morgan fingerprint density at radius 3 is 2.52 bits per heavy atom. The van der Waals surface area contributed by atoms with Crippen molar-refractivity contribution in [2.75, 3.05) is 0 Å². The summed E-state index contributed by atoms with van der Waals surface area (Å²) in [6.45, 7) is 0. The topological polar surface area (TPSA) is 72.8 Å². The minimum Gasteiger partial charge on any atom is -0.405 e.